The van der Waals surface area contributed by atoms with Crippen LogP contribution in [0, 0.1) is 5.92 Å². The number of carbonyl (C=O) groups is 1. The van der Waals surface area contributed by atoms with E-state index in [1.54, 1.807) is 24.3 Å². The Bertz CT molecular complexity index is 908. The molecule has 32 heavy (non-hydrogen) atoms. The Morgan fingerprint density at radius 2 is 1.81 bits per heavy atom. The monoisotopic (exact) mass is 475 g/mol. The molecular weight excluding hydrogens is 445 g/mol. The number of ether oxygens (including phenoxy) is 1. The first-order valence-electron chi connectivity index (χ1n) is 11.5. The van der Waals surface area contributed by atoms with Gasteiger partial charge in [0.25, 0.3) is 5.91 Å². The topological polar surface area (TPSA) is 44.8 Å². The van der Waals surface area contributed by atoms with E-state index in [4.69, 9.17) is 27.9 Å². The molecular formula is C25H31Cl2N3O2. The highest BCUT2D eigenvalue weighted by Gasteiger charge is 2.23. The van der Waals surface area contributed by atoms with Crippen LogP contribution in [-0.4, -0.2) is 56.7 Å². The van der Waals surface area contributed by atoms with E-state index in [1.807, 2.05) is 18.2 Å². The number of carbonyl (C=O) groups excluding carboxylic acids is 1. The van der Waals surface area contributed by atoms with Crippen molar-refractivity contribution in [3.63, 3.8) is 0 Å². The molecule has 1 N–H and O–H groups in total. The maximum Gasteiger partial charge on any atom is 0.255 e. The Kier molecular flexibility index (Phi) is 8.31. The second-order valence-electron chi connectivity index (χ2n) is 8.65. The van der Waals surface area contributed by atoms with Crippen molar-refractivity contribution >= 4 is 40.5 Å². The fraction of sp³-hybridized carbons (Fsp3) is 0.480. The number of hydrogen-bond acceptors (Lipinski definition) is 4. The summed E-state index contributed by atoms with van der Waals surface area (Å²) >= 11 is 12.3. The zero-order chi connectivity index (χ0) is 22.3. The lowest BCUT2D eigenvalue weighted by Gasteiger charge is -2.35. The number of anilines is 2. The fourth-order valence-electron chi connectivity index (χ4n) is 4.56. The van der Waals surface area contributed by atoms with Gasteiger partial charge in [-0.2, -0.15) is 0 Å². The van der Waals surface area contributed by atoms with Crippen LogP contribution in [0.25, 0.3) is 0 Å². The number of hydrogen-bond donors (Lipinski definition) is 1. The molecule has 2 fully saturated rings. The maximum absolute atomic E-state index is 12.8. The van der Waals surface area contributed by atoms with E-state index in [2.05, 4.69) is 15.1 Å². The molecule has 2 saturated heterocycles. The van der Waals surface area contributed by atoms with Gasteiger partial charge >= 0.3 is 0 Å². The van der Waals surface area contributed by atoms with Crippen LogP contribution in [0.3, 0.4) is 0 Å². The molecule has 0 atom stereocenters. The molecule has 0 saturated carbocycles. The van der Waals surface area contributed by atoms with Gasteiger partial charge in [0, 0.05) is 48.4 Å². The molecule has 0 bridgehead atoms. The summed E-state index contributed by atoms with van der Waals surface area (Å²) in [6, 6.07) is 12.7. The standard InChI is InChI=1S/C25H31Cl2N3O2/c26-21-4-1-3-20(17-21)25(31)28-23-18-22(27)5-6-24(23)30-12-8-19(9-13-30)7-11-29-10-2-15-32-16-14-29/h1,3-6,17-19H,2,7-16H2,(H,28,31). The van der Waals surface area contributed by atoms with E-state index >= 15 is 0 Å². The van der Waals surface area contributed by atoms with E-state index < -0.39 is 0 Å². The van der Waals surface area contributed by atoms with Gasteiger partial charge in [0.05, 0.1) is 18.0 Å². The average molecular weight is 476 g/mol. The van der Waals surface area contributed by atoms with Gasteiger partial charge in [-0.3, -0.25) is 4.79 Å². The number of halogens is 2. The third kappa shape index (κ3) is 6.38. The van der Waals surface area contributed by atoms with Crippen LogP contribution >= 0.6 is 23.2 Å². The summed E-state index contributed by atoms with van der Waals surface area (Å²) in [5.41, 5.74) is 2.29. The SMILES string of the molecule is O=C(Nc1cc(Cl)ccc1N1CCC(CCN2CCCOCC2)CC1)c1cccc(Cl)c1. The van der Waals surface area contributed by atoms with Crippen LogP contribution in [0.2, 0.25) is 10.0 Å². The maximum atomic E-state index is 12.8. The van der Waals surface area contributed by atoms with E-state index in [0.717, 1.165) is 82.5 Å². The number of nitrogens with zero attached hydrogens (tertiary/aromatic N) is 2. The number of benzene rings is 2. The molecule has 2 aromatic rings. The highest BCUT2D eigenvalue weighted by atomic mass is 35.5. The summed E-state index contributed by atoms with van der Waals surface area (Å²) in [4.78, 5) is 17.7. The molecule has 0 radical (unpaired) electrons. The molecule has 7 heteroatoms. The van der Waals surface area contributed by atoms with Gasteiger partial charge in [-0.25, -0.2) is 0 Å². The largest absolute Gasteiger partial charge is 0.380 e. The first-order valence-corrected chi connectivity index (χ1v) is 12.3. The Balaban J connectivity index is 1.35. The van der Waals surface area contributed by atoms with Crippen molar-refractivity contribution in [3.05, 3.63) is 58.1 Å². The van der Waals surface area contributed by atoms with Crippen molar-refractivity contribution in [2.24, 2.45) is 5.92 Å². The van der Waals surface area contributed by atoms with Gasteiger partial charge in [-0.1, -0.05) is 29.3 Å². The molecule has 0 unspecified atom stereocenters. The van der Waals surface area contributed by atoms with Gasteiger partial charge in [-0.05, 0) is 74.5 Å². The summed E-state index contributed by atoms with van der Waals surface area (Å²) < 4.78 is 5.57. The van der Waals surface area contributed by atoms with E-state index in [9.17, 15) is 4.79 Å². The van der Waals surface area contributed by atoms with Crippen LogP contribution < -0.4 is 10.2 Å². The normalized spacial score (nSPS) is 18.4. The molecule has 5 nitrogen and oxygen atoms in total. The van der Waals surface area contributed by atoms with E-state index in [-0.39, 0.29) is 5.91 Å². The molecule has 0 spiro atoms. The van der Waals surface area contributed by atoms with Crippen molar-refractivity contribution in [1.82, 2.24) is 4.90 Å². The number of piperidine rings is 1. The summed E-state index contributed by atoms with van der Waals surface area (Å²) in [5, 5.41) is 4.18. The zero-order valence-corrected chi connectivity index (χ0v) is 19.9. The minimum atomic E-state index is -0.188. The third-order valence-corrected chi connectivity index (χ3v) is 6.89. The van der Waals surface area contributed by atoms with Crippen molar-refractivity contribution < 1.29 is 9.53 Å². The van der Waals surface area contributed by atoms with Crippen molar-refractivity contribution in [1.29, 1.82) is 0 Å². The molecule has 172 valence electrons. The number of nitrogens with one attached hydrogen (secondary N) is 1. The summed E-state index contributed by atoms with van der Waals surface area (Å²) in [6.07, 6.45) is 4.70. The Morgan fingerprint density at radius 3 is 2.62 bits per heavy atom. The lowest BCUT2D eigenvalue weighted by molar-refractivity contribution is 0.102. The summed E-state index contributed by atoms with van der Waals surface area (Å²) in [7, 11) is 0. The predicted octanol–water partition coefficient (Wildman–Crippen LogP) is 5.57. The van der Waals surface area contributed by atoms with Gasteiger partial charge in [0.2, 0.25) is 0 Å². The molecule has 2 heterocycles. The molecule has 4 rings (SSSR count). The Morgan fingerprint density at radius 1 is 1.00 bits per heavy atom. The van der Waals surface area contributed by atoms with Crippen molar-refractivity contribution in [3.8, 4) is 0 Å². The highest BCUT2D eigenvalue weighted by molar-refractivity contribution is 6.31. The van der Waals surface area contributed by atoms with Gasteiger partial charge in [-0.15, -0.1) is 0 Å². The quantitative estimate of drug-likeness (QED) is 0.592. The molecule has 0 aromatic heterocycles. The zero-order valence-electron chi connectivity index (χ0n) is 18.4. The van der Waals surface area contributed by atoms with Gasteiger partial charge in [0.15, 0.2) is 0 Å². The van der Waals surface area contributed by atoms with Crippen molar-refractivity contribution in [2.45, 2.75) is 25.7 Å². The molecule has 1 amide bonds. The second kappa shape index (κ2) is 11.4. The first-order chi connectivity index (χ1) is 15.6. The summed E-state index contributed by atoms with van der Waals surface area (Å²) in [6.45, 7) is 7.09. The first kappa shape index (κ1) is 23.4. The summed E-state index contributed by atoms with van der Waals surface area (Å²) in [5.74, 6) is 0.555. The van der Waals surface area contributed by atoms with Crippen LogP contribution in [0.4, 0.5) is 11.4 Å². The third-order valence-electron chi connectivity index (χ3n) is 6.42. The Labute approximate surface area is 200 Å². The van der Waals surface area contributed by atoms with Gasteiger partial charge in [0.1, 0.15) is 0 Å². The highest BCUT2D eigenvalue weighted by Crippen LogP contribution is 2.33. The fourth-order valence-corrected chi connectivity index (χ4v) is 4.92. The second-order valence-corrected chi connectivity index (χ2v) is 9.53. The number of rotatable bonds is 6. The van der Waals surface area contributed by atoms with Crippen LogP contribution in [-0.2, 0) is 4.74 Å². The lowest BCUT2D eigenvalue weighted by Crippen LogP contribution is -2.36. The van der Waals surface area contributed by atoms with Crippen molar-refractivity contribution in [2.75, 3.05) is 56.2 Å². The average Bonchev–Trinajstić information content (AvgIpc) is 3.07. The molecule has 2 aromatic carbocycles. The van der Waals surface area contributed by atoms with E-state index in [1.165, 1.54) is 6.42 Å². The predicted molar refractivity (Wildman–Crippen MR) is 132 cm³/mol. The molecule has 2 aliphatic heterocycles. The smallest absolute Gasteiger partial charge is 0.255 e. The van der Waals surface area contributed by atoms with Crippen LogP contribution in [0.5, 0.6) is 0 Å². The molecule has 2 aliphatic rings. The Hall–Kier alpha value is -1.79. The van der Waals surface area contributed by atoms with E-state index in [0.29, 0.717) is 15.6 Å². The lowest BCUT2D eigenvalue weighted by atomic mass is 9.93. The number of amides is 1. The van der Waals surface area contributed by atoms with Crippen LogP contribution in [0.1, 0.15) is 36.0 Å². The molecule has 0 aliphatic carbocycles. The van der Waals surface area contributed by atoms with Gasteiger partial charge < -0.3 is 19.9 Å². The minimum Gasteiger partial charge on any atom is -0.380 e. The van der Waals surface area contributed by atoms with Crippen LogP contribution in [0.15, 0.2) is 42.5 Å². The minimum absolute atomic E-state index is 0.188.